The molecular formula is C51H90B6N12O11Y4-4. The van der Waals surface area contributed by atoms with E-state index in [-0.39, 0.29) is 182 Å². The molecule has 7 amide bonds. The molecule has 0 aromatic heterocycles. The first-order chi connectivity index (χ1) is 36.8. The van der Waals surface area contributed by atoms with Crippen molar-refractivity contribution in [1.82, 2.24) is 59.6 Å². The summed E-state index contributed by atoms with van der Waals surface area (Å²) in [6.45, 7) is 35.1. The van der Waals surface area contributed by atoms with Gasteiger partial charge in [-0.25, -0.2) is 9.59 Å². The predicted octanol–water partition coefficient (Wildman–Crippen LogP) is -2.58. The predicted molar refractivity (Wildman–Crippen MR) is 318 cm³/mol. The molecule has 8 rings (SSSR count). The molecule has 8 fully saturated rings. The van der Waals surface area contributed by atoms with Crippen LogP contribution in [-0.2, 0) is 174 Å². The van der Waals surface area contributed by atoms with Crippen LogP contribution in [0.25, 0.3) is 0 Å². The Labute approximate surface area is 612 Å². The maximum Gasteiger partial charge on any atom is 0.411 e. The third kappa shape index (κ3) is 44.0. The average Bonchev–Trinajstić information content (AvgIpc) is 3.33. The van der Waals surface area contributed by atoms with Crippen molar-refractivity contribution in [1.29, 1.82) is 0 Å². The van der Waals surface area contributed by atoms with Crippen LogP contribution < -0.4 is 10.6 Å². The Balaban J connectivity index is -0.000000168. The first kappa shape index (κ1) is 97.0. The summed E-state index contributed by atoms with van der Waals surface area (Å²) in [7, 11) is 22.0. The van der Waals surface area contributed by atoms with Crippen LogP contribution in [0.5, 0.6) is 0 Å². The number of ether oxygens (including phenoxy) is 2. The number of hydrogen-bond acceptors (Lipinski definition) is 16. The molecular weight excluding hydrogens is 1380 g/mol. The van der Waals surface area contributed by atoms with Crippen LogP contribution in [0, 0.1) is 12.8 Å². The summed E-state index contributed by atoms with van der Waals surface area (Å²) < 4.78 is 10.3. The van der Waals surface area contributed by atoms with Crippen LogP contribution in [0.1, 0.15) is 77.2 Å². The van der Waals surface area contributed by atoms with E-state index < -0.39 is 23.7 Å². The van der Waals surface area contributed by atoms with E-state index >= 15 is 0 Å². The van der Waals surface area contributed by atoms with Gasteiger partial charge in [-0.2, -0.15) is 25.6 Å². The standard InChI is InChI=1S/C13H22N3O3.C10H16N3O2.C8H14N3O.C8H13NO3.C5H9N2O.C3H6O.C2H2.2CH4.B4.B2.4Y/c1-13(2,3)19-12(18)16-8-11(9-16)15-6-4-14(10-17)5-7-15;1-9(15)13-6-10(7-13)12-4-2-11(8-14)3-5-12;12-7-10-1-3-11(4-2-10)8-5-9-6-8;1-8(2,3)12-7(11)9-4-6(10)5-9;8-5-7-3-1-6-2-4-7;1-3(2)4;1-2;;;1-4(2)3;1-2;;;;/h11H,4-9H2,1-3H3;10H,2-7H2,1H3;8-9H,1-6H2;4-5H2,1-3H3;6H,1-4H2;1-2H3;1-2H;2*1H4;;;;;;/q3*-1;;-1;;;;;;;;;;. The number of ketones is 2. The second kappa shape index (κ2) is 54.2. The molecule has 0 aliphatic carbocycles. The van der Waals surface area contributed by atoms with Gasteiger partial charge in [0, 0.05) is 345 Å². The fourth-order valence-corrected chi connectivity index (χ4v) is 7.76. The van der Waals surface area contributed by atoms with Crippen LogP contribution in [0.4, 0.5) is 9.59 Å². The minimum Gasteiger partial charge on any atom is -0.520 e. The van der Waals surface area contributed by atoms with Gasteiger partial charge in [-0.15, -0.1) is 12.8 Å². The van der Waals surface area contributed by atoms with Crippen molar-refractivity contribution < 1.29 is 183 Å². The third-order valence-electron chi connectivity index (χ3n) is 12.1. The molecule has 0 unspecified atom stereocenters. The largest absolute Gasteiger partial charge is 0.520 e. The van der Waals surface area contributed by atoms with Gasteiger partial charge in [0.25, 0.3) is 0 Å². The molecule has 14 radical (unpaired) electrons. The van der Waals surface area contributed by atoms with Gasteiger partial charge in [-0.1, -0.05) is 14.9 Å². The Kier molecular flexibility index (Phi) is 62.5. The van der Waals surface area contributed by atoms with Gasteiger partial charge < -0.3 is 73.5 Å². The number of piperazine rings is 4. The van der Waals surface area contributed by atoms with Gasteiger partial charge in [0.05, 0.1) is 13.1 Å². The van der Waals surface area contributed by atoms with E-state index in [0.717, 1.165) is 150 Å². The molecule has 0 saturated carbocycles. The zero-order valence-electron chi connectivity index (χ0n) is 50.1. The maximum atomic E-state index is 11.8. The summed E-state index contributed by atoms with van der Waals surface area (Å²) in [4.78, 5) is 114. The molecule has 0 aromatic carbocycles. The Bertz CT molecular complexity index is 1800. The summed E-state index contributed by atoms with van der Waals surface area (Å²) in [5.74, 6) is 0.409. The van der Waals surface area contributed by atoms with Gasteiger partial charge in [0.2, 0.25) is 5.91 Å². The van der Waals surface area contributed by atoms with Gasteiger partial charge in [-0.3, -0.25) is 29.2 Å². The van der Waals surface area contributed by atoms with Crippen LogP contribution in [0.2, 0.25) is 0 Å². The molecule has 8 heterocycles. The summed E-state index contributed by atoms with van der Waals surface area (Å²) in [5, 5.41) is 6.38. The Morgan fingerprint density at radius 2 is 0.762 bits per heavy atom. The number of nitrogens with zero attached hydrogens (tertiary/aromatic N) is 10. The molecule has 33 heteroatoms. The molecule has 0 aromatic rings. The van der Waals surface area contributed by atoms with E-state index in [1.165, 1.54) is 18.7 Å². The normalized spacial score (nSPS) is 18.2. The molecule has 454 valence electrons. The zero-order valence-corrected chi connectivity index (χ0v) is 61.4. The quantitative estimate of drug-likeness (QED) is 0.152. The van der Waals surface area contributed by atoms with Gasteiger partial charge in [0.1, 0.15) is 17.0 Å². The number of hydrogen-bond donors (Lipinski definition) is 2. The third-order valence-corrected chi connectivity index (χ3v) is 12.1. The molecule has 8 saturated heterocycles. The fourth-order valence-electron chi connectivity index (χ4n) is 7.76. The van der Waals surface area contributed by atoms with Crippen molar-refractivity contribution in [2.45, 2.75) is 106 Å². The van der Waals surface area contributed by atoms with Crippen LogP contribution in [-0.4, -0.2) is 336 Å². The van der Waals surface area contributed by atoms with E-state index in [9.17, 15) is 43.2 Å². The maximum absolute atomic E-state index is 11.8. The first-order valence-corrected chi connectivity index (χ1v) is 26.1. The van der Waals surface area contributed by atoms with Crippen molar-refractivity contribution in [3.8, 4) is 12.8 Å². The number of likely N-dealkylation sites (tertiary alicyclic amines) is 3. The smallest absolute Gasteiger partial charge is 0.411 e. The first-order valence-electron chi connectivity index (χ1n) is 26.1. The summed E-state index contributed by atoms with van der Waals surface area (Å²) in [5.41, 5.74) is -0.913. The van der Waals surface area contributed by atoms with Gasteiger partial charge in [-0.05, 0) is 55.4 Å². The average molecular weight is 1470 g/mol. The zero-order chi connectivity index (χ0) is 59.6. The van der Waals surface area contributed by atoms with Crippen molar-refractivity contribution >= 4 is 100 Å². The van der Waals surface area contributed by atoms with E-state index in [1.807, 2.05) is 51.3 Å². The fraction of sp³-hybridized carbons (Fsp3) is 0.784. The number of rotatable bonds is 7. The second-order valence-electron chi connectivity index (χ2n) is 21.0. The Morgan fingerprint density at radius 3 is 0.988 bits per heavy atom. The number of Topliss-reactive ketones (excluding diaryl/α,β-unsaturated/α-hetero) is 2. The number of terminal acetylenes is 1. The van der Waals surface area contributed by atoms with E-state index in [4.69, 9.17) is 9.47 Å². The molecule has 0 atom stereocenters. The van der Waals surface area contributed by atoms with Crippen molar-refractivity contribution in [3.05, 3.63) is 0 Å². The van der Waals surface area contributed by atoms with Crippen LogP contribution >= 0.6 is 0 Å². The molecule has 8 aliphatic rings. The van der Waals surface area contributed by atoms with Gasteiger partial charge in [0.15, 0.2) is 5.78 Å². The topological polar surface area (TPSA) is 229 Å². The molecule has 23 nitrogen and oxygen atoms in total. The van der Waals surface area contributed by atoms with E-state index in [1.54, 1.807) is 52.2 Å². The SMILES string of the molecule is C.C.C#C.CC(=O)N1CC(N2CCN([C-]=O)CC2)C1.CC(C)(C)OC(=O)N1CC(=O)C1.CC(C)(C)OC(=O)N1CC(N2CCN([C-]=O)CC2)C1.CC(C)=O.O=[C-]N1CCN(C2CNC2)CC1.O=[C-]N1CCNCC1.[B]B([B])[B].[B][B].[Y].[Y].[Y].[Y]. The van der Waals surface area contributed by atoms with E-state index in [0.29, 0.717) is 12.1 Å². The summed E-state index contributed by atoms with van der Waals surface area (Å²) in [6, 6.07) is 1.63. The van der Waals surface area contributed by atoms with Crippen molar-refractivity contribution in [3.63, 3.8) is 0 Å². The van der Waals surface area contributed by atoms with Crippen LogP contribution in [0.3, 0.4) is 0 Å². The summed E-state index contributed by atoms with van der Waals surface area (Å²) in [6.07, 6.45) is 14.3. The van der Waals surface area contributed by atoms with Crippen molar-refractivity contribution in [2.24, 2.45) is 0 Å². The Morgan fingerprint density at radius 1 is 0.500 bits per heavy atom. The minimum atomic E-state index is -0.667. The van der Waals surface area contributed by atoms with Crippen LogP contribution in [0.15, 0.2) is 0 Å². The number of amides is 7. The molecule has 84 heavy (non-hydrogen) atoms. The minimum absolute atomic E-state index is 0. The molecule has 8 aliphatic heterocycles. The van der Waals surface area contributed by atoms with Crippen molar-refractivity contribution in [2.75, 3.05) is 157 Å². The summed E-state index contributed by atoms with van der Waals surface area (Å²) >= 11 is 0. The second-order valence-corrected chi connectivity index (χ2v) is 21.0. The number of carbonyl (C=O) groups excluding carboxylic acids is 9. The Hall–Kier alpha value is -0.605. The number of nitrogens with one attached hydrogen (secondary N) is 2. The van der Waals surface area contributed by atoms with Gasteiger partial charge >= 0.3 is 12.2 Å². The van der Waals surface area contributed by atoms with E-state index in [2.05, 4.69) is 76.9 Å². The molecule has 0 bridgehead atoms. The monoisotopic (exact) mass is 1470 g/mol. The molecule has 2 N–H and O–H groups in total. The molecule has 0 spiro atoms. The number of carbonyl (C=O) groups is 5.